The summed E-state index contributed by atoms with van der Waals surface area (Å²) in [6.45, 7) is 14.1. The van der Waals surface area contributed by atoms with Crippen molar-refractivity contribution in [3.63, 3.8) is 0 Å². The first-order valence-electron chi connectivity index (χ1n) is 8.58. The van der Waals surface area contributed by atoms with Crippen molar-refractivity contribution in [2.24, 2.45) is 10.8 Å². The minimum atomic E-state index is -0.146. The maximum Gasteiger partial charge on any atom is 0.0788 e. The molecule has 5 rings (SSSR count). The lowest BCUT2D eigenvalue weighted by Crippen LogP contribution is -2.85. The summed E-state index contributed by atoms with van der Waals surface area (Å²) in [7, 11) is 0. The molecule has 4 bridgehead atoms. The summed E-state index contributed by atoms with van der Waals surface area (Å²) in [6.07, 6.45) is 3.13. The van der Waals surface area contributed by atoms with E-state index in [1.165, 1.54) is 0 Å². The number of ether oxygens (including phenoxy) is 1. The Morgan fingerprint density at radius 3 is 2.24 bits per heavy atom. The molecule has 0 aliphatic carbocycles. The van der Waals surface area contributed by atoms with Gasteiger partial charge in [-0.3, -0.25) is 9.80 Å². The smallest absolute Gasteiger partial charge is 0.0788 e. The zero-order valence-electron chi connectivity index (χ0n) is 14.0. The van der Waals surface area contributed by atoms with Gasteiger partial charge >= 0.3 is 0 Å². The van der Waals surface area contributed by atoms with Gasteiger partial charge < -0.3 is 9.84 Å². The fourth-order valence-corrected chi connectivity index (χ4v) is 5.99. The summed E-state index contributed by atoms with van der Waals surface area (Å²) in [5, 5.41) is 10.9. The monoisotopic (exact) mass is 294 g/mol. The molecule has 3 atom stereocenters. The highest BCUT2D eigenvalue weighted by atomic mass is 16.5. The summed E-state index contributed by atoms with van der Waals surface area (Å²) in [4.78, 5) is 5.42. The lowest BCUT2D eigenvalue weighted by molar-refractivity contribution is -0.316. The highest BCUT2D eigenvalue weighted by Gasteiger charge is 2.68. The van der Waals surface area contributed by atoms with E-state index in [2.05, 4.69) is 37.5 Å². The lowest BCUT2D eigenvalue weighted by atomic mass is 9.56. The van der Waals surface area contributed by atoms with Gasteiger partial charge in [-0.15, -0.1) is 0 Å². The van der Waals surface area contributed by atoms with Crippen LogP contribution in [0.3, 0.4) is 0 Å². The topological polar surface area (TPSA) is 35.9 Å². The van der Waals surface area contributed by atoms with Crippen LogP contribution in [0.2, 0.25) is 0 Å². The standard InChI is InChI=1S/C17H30N2O2/c1-5-16-11-18-9-15(4,13(16)20)10-19(12-16)17(18)6-7-21-14(2,3)8-17/h13,20H,5-12H2,1-4H3. The minimum absolute atomic E-state index is 0.0352. The van der Waals surface area contributed by atoms with Gasteiger partial charge in [0.15, 0.2) is 0 Å². The second-order valence-electron chi connectivity index (χ2n) is 9.00. The van der Waals surface area contributed by atoms with E-state index >= 15 is 0 Å². The summed E-state index contributed by atoms with van der Waals surface area (Å²) >= 11 is 0. The molecule has 0 aromatic carbocycles. The maximum atomic E-state index is 10.9. The third-order valence-electron chi connectivity index (χ3n) is 6.94. The van der Waals surface area contributed by atoms with Gasteiger partial charge in [-0.25, -0.2) is 0 Å². The molecule has 0 aromatic heterocycles. The fraction of sp³-hybridized carbons (Fsp3) is 1.00. The van der Waals surface area contributed by atoms with Gasteiger partial charge in [-0.1, -0.05) is 13.8 Å². The summed E-state index contributed by atoms with van der Waals surface area (Å²) < 4.78 is 5.99. The molecule has 5 aliphatic heterocycles. The first-order chi connectivity index (χ1) is 9.75. The van der Waals surface area contributed by atoms with Gasteiger partial charge in [0.25, 0.3) is 0 Å². The van der Waals surface area contributed by atoms with E-state index in [1.807, 2.05) is 0 Å². The number of hydrogen-bond acceptors (Lipinski definition) is 4. The predicted octanol–water partition coefficient (Wildman–Crippen LogP) is 1.68. The molecule has 0 saturated carbocycles. The van der Waals surface area contributed by atoms with E-state index in [1.54, 1.807) is 0 Å². The van der Waals surface area contributed by atoms with Crippen molar-refractivity contribution in [2.75, 3.05) is 32.8 Å². The molecule has 0 radical (unpaired) electrons. The van der Waals surface area contributed by atoms with E-state index < -0.39 is 0 Å². The quantitative estimate of drug-likeness (QED) is 0.798. The van der Waals surface area contributed by atoms with Gasteiger partial charge in [0.05, 0.1) is 24.0 Å². The Labute approximate surface area is 128 Å². The Bertz CT molecular complexity index is 446. The molecule has 21 heavy (non-hydrogen) atoms. The molecule has 1 N–H and O–H groups in total. The first kappa shape index (κ1) is 14.4. The van der Waals surface area contributed by atoms with Crippen molar-refractivity contribution in [1.29, 1.82) is 0 Å². The van der Waals surface area contributed by atoms with Crippen molar-refractivity contribution in [3.8, 4) is 0 Å². The van der Waals surface area contributed by atoms with E-state index in [0.717, 1.165) is 52.0 Å². The molecular formula is C17H30N2O2. The number of hydrogen-bond donors (Lipinski definition) is 1. The van der Waals surface area contributed by atoms with Crippen LogP contribution in [-0.4, -0.2) is 65.1 Å². The van der Waals surface area contributed by atoms with Gasteiger partial charge in [0.1, 0.15) is 0 Å². The second-order valence-corrected chi connectivity index (χ2v) is 9.00. The number of piperidine rings is 2. The highest BCUT2D eigenvalue weighted by Crippen LogP contribution is 2.58. The molecule has 0 amide bonds. The van der Waals surface area contributed by atoms with Crippen molar-refractivity contribution in [3.05, 3.63) is 0 Å². The fourth-order valence-electron chi connectivity index (χ4n) is 5.99. The molecule has 5 saturated heterocycles. The molecule has 5 aliphatic rings. The van der Waals surface area contributed by atoms with E-state index in [4.69, 9.17) is 4.74 Å². The van der Waals surface area contributed by atoms with Crippen LogP contribution in [0.25, 0.3) is 0 Å². The minimum Gasteiger partial charge on any atom is -0.392 e. The van der Waals surface area contributed by atoms with Crippen LogP contribution >= 0.6 is 0 Å². The van der Waals surface area contributed by atoms with E-state index in [9.17, 15) is 5.11 Å². The molecule has 1 spiro atoms. The molecule has 5 fully saturated rings. The average molecular weight is 294 g/mol. The molecule has 0 aromatic rings. The van der Waals surface area contributed by atoms with Crippen molar-refractivity contribution < 1.29 is 9.84 Å². The summed E-state index contributed by atoms with van der Waals surface area (Å²) in [5.74, 6) is 0. The predicted molar refractivity (Wildman–Crippen MR) is 82.0 cm³/mol. The molecule has 5 heterocycles. The van der Waals surface area contributed by atoms with Gasteiger partial charge in [0.2, 0.25) is 0 Å². The normalized spacial score (nSPS) is 57.9. The van der Waals surface area contributed by atoms with Crippen molar-refractivity contribution in [1.82, 2.24) is 9.80 Å². The third kappa shape index (κ3) is 1.71. The Balaban J connectivity index is 1.74. The van der Waals surface area contributed by atoms with Crippen molar-refractivity contribution >= 4 is 0 Å². The summed E-state index contributed by atoms with van der Waals surface area (Å²) in [6, 6.07) is 0. The van der Waals surface area contributed by atoms with Crippen LogP contribution in [0, 0.1) is 10.8 Å². The molecule has 120 valence electrons. The Morgan fingerprint density at radius 2 is 1.71 bits per heavy atom. The van der Waals surface area contributed by atoms with E-state index in [0.29, 0.717) is 0 Å². The third-order valence-corrected chi connectivity index (χ3v) is 6.94. The molecule has 4 nitrogen and oxygen atoms in total. The Hall–Kier alpha value is -0.160. The van der Waals surface area contributed by atoms with Gasteiger partial charge in [-0.2, -0.15) is 0 Å². The van der Waals surface area contributed by atoms with Gasteiger partial charge in [-0.05, 0) is 20.3 Å². The molecule has 4 heteroatoms. The number of nitrogens with zero attached hydrogens (tertiary/aromatic N) is 2. The van der Waals surface area contributed by atoms with Gasteiger partial charge in [0, 0.05) is 49.9 Å². The second kappa shape index (κ2) is 4.02. The highest BCUT2D eigenvalue weighted by molar-refractivity contribution is 5.19. The average Bonchev–Trinajstić information content (AvgIpc) is 2.38. The largest absolute Gasteiger partial charge is 0.392 e. The van der Waals surface area contributed by atoms with Crippen LogP contribution in [0.5, 0.6) is 0 Å². The Kier molecular flexibility index (Phi) is 2.76. The van der Waals surface area contributed by atoms with Crippen LogP contribution < -0.4 is 0 Å². The number of aliphatic hydroxyl groups is 1. The van der Waals surface area contributed by atoms with Crippen LogP contribution in [0.4, 0.5) is 0 Å². The Morgan fingerprint density at radius 1 is 1.10 bits per heavy atom. The van der Waals surface area contributed by atoms with Crippen LogP contribution in [0.1, 0.15) is 47.0 Å². The lowest BCUT2D eigenvalue weighted by Gasteiger charge is -2.74. The number of aliphatic hydroxyl groups excluding tert-OH is 1. The molecule has 3 unspecified atom stereocenters. The zero-order valence-corrected chi connectivity index (χ0v) is 14.0. The zero-order chi connectivity index (χ0) is 15.1. The van der Waals surface area contributed by atoms with E-state index in [-0.39, 0.29) is 28.2 Å². The maximum absolute atomic E-state index is 10.9. The van der Waals surface area contributed by atoms with Crippen LogP contribution in [0.15, 0.2) is 0 Å². The summed E-state index contributed by atoms with van der Waals surface area (Å²) in [5.41, 5.74) is 0.270. The first-order valence-corrected chi connectivity index (χ1v) is 8.58. The SMILES string of the molecule is CCC12CN3CC(C)(CN(C1)C31CCOC(C)(C)C1)C2O. The van der Waals surface area contributed by atoms with Crippen LogP contribution in [-0.2, 0) is 4.74 Å². The molecular weight excluding hydrogens is 264 g/mol. The number of rotatable bonds is 1. The van der Waals surface area contributed by atoms with Crippen molar-refractivity contribution in [2.45, 2.75) is 64.3 Å².